The normalized spacial score (nSPS) is 17.7. The Kier molecular flexibility index (Phi) is 9.05. The van der Waals surface area contributed by atoms with Gasteiger partial charge in [0.1, 0.15) is 17.2 Å². The molecule has 1 saturated heterocycles. The monoisotopic (exact) mass is 463 g/mol. The molecule has 0 spiro atoms. The maximum atomic E-state index is 9.10. The molecule has 0 unspecified atom stereocenters. The molecule has 0 saturated carbocycles. The quantitative estimate of drug-likeness (QED) is 0.509. The fourth-order valence-electron chi connectivity index (χ4n) is 3.98. The van der Waals surface area contributed by atoms with Crippen LogP contribution in [-0.4, -0.2) is 53.8 Å². The molecule has 0 amide bonds. The summed E-state index contributed by atoms with van der Waals surface area (Å²) in [5.74, 6) is -0.152. The van der Waals surface area contributed by atoms with Crippen molar-refractivity contribution in [1.82, 2.24) is 4.90 Å². The molecule has 3 aromatic carbocycles. The van der Waals surface area contributed by atoms with Crippen LogP contribution in [0, 0.1) is 5.92 Å². The SMILES string of the molecule is CN1CC[C@@H](c2ccccc2)[C@H](COc2cccc(Oc3ccccc3)c2)C1.O=C(O)C(=O)O. The Bertz CT molecular complexity index is 1040. The summed E-state index contributed by atoms with van der Waals surface area (Å²) in [5, 5.41) is 14.8. The van der Waals surface area contributed by atoms with E-state index in [4.69, 9.17) is 29.3 Å². The summed E-state index contributed by atoms with van der Waals surface area (Å²) in [6.45, 7) is 2.90. The molecule has 1 aliphatic rings. The number of carbonyl (C=O) groups is 2. The molecule has 0 bridgehead atoms. The number of aliphatic carboxylic acids is 2. The summed E-state index contributed by atoms with van der Waals surface area (Å²) in [6.07, 6.45) is 1.17. The van der Waals surface area contributed by atoms with E-state index in [1.54, 1.807) is 0 Å². The van der Waals surface area contributed by atoms with Crippen molar-refractivity contribution < 1.29 is 29.3 Å². The number of carboxylic acids is 2. The van der Waals surface area contributed by atoms with Gasteiger partial charge in [0, 0.05) is 18.5 Å². The Morgan fingerprint density at radius 3 is 2.09 bits per heavy atom. The van der Waals surface area contributed by atoms with Crippen LogP contribution >= 0.6 is 0 Å². The van der Waals surface area contributed by atoms with Gasteiger partial charge in [-0.25, -0.2) is 9.59 Å². The Hall–Kier alpha value is -3.84. The number of hydrogen-bond acceptors (Lipinski definition) is 5. The first-order valence-corrected chi connectivity index (χ1v) is 11.1. The minimum atomic E-state index is -1.82. The second kappa shape index (κ2) is 12.4. The zero-order valence-electron chi connectivity index (χ0n) is 19.0. The molecule has 0 radical (unpaired) electrons. The molecular formula is C27H29NO6. The minimum Gasteiger partial charge on any atom is -0.493 e. The molecule has 4 rings (SSSR count). The Balaban J connectivity index is 0.000000481. The summed E-state index contributed by atoms with van der Waals surface area (Å²) < 4.78 is 12.1. The fourth-order valence-corrected chi connectivity index (χ4v) is 3.98. The van der Waals surface area contributed by atoms with Crippen LogP contribution in [0.4, 0.5) is 0 Å². The highest BCUT2D eigenvalue weighted by atomic mass is 16.5. The van der Waals surface area contributed by atoms with Crippen LogP contribution in [0.5, 0.6) is 17.2 Å². The maximum Gasteiger partial charge on any atom is 0.414 e. The number of piperidine rings is 1. The van der Waals surface area contributed by atoms with Gasteiger partial charge in [0.2, 0.25) is 0 Å². The number of benzene rings is 3. The van der Waals surface area contributed by atoms with E-state index in [-0.39, 0.29) is 0 Å². The summed E-state index contributed by atoms with van der Waals surface area (Å²) >= 11 is 0. The highest BCUT2D eigenvalue weighted by Crippen LogP contribution is 2.33. The largest absolute Gasteiger partial charge is 0.493 e. The van der Waals surface area contributed by atoms with E-state index in [2.05, 4.69) is 42.3 Å². The molecule has 1 heterocycles. The summed E-state index contributed by atoms with van der Waals surface area (Å²) in [6, 6.07) is 28.6. The molecular weight excluding hydrogens is 434 g/mol. The van der Waals surface area contributed by atoms with Gasteiger partial charge >= 0.3 is 11.9 Å². The Labute approximate surface area is 199 Å². The first-order valence-electron chi connectivity index (χ1n) is 11.1. The topological polar surface area (TPSA) is 96.3 Å². The predicted octanol–water partition coefficient (Wildman–Crippen LogP) is 4.75. The molecule has 0 aliphatic carbocycles. The van der Waals surface area contributed by atoms with E-state index in [1.807, 2.05) is 54.6 Å². The lowest BCUT2D eigenvalue weighted by molar-refractivity contribution is -0.159. The molecule has 2 N–H and O–H groups in total. The van der Waals surface area contributed by atoms with Crippen molar-refractivity contribution in [2.24, 2.45) is 5.92 Å². The number of carboxylic acid groups (broad SMARTS) is 2. The van der Waals surface area contributed by atoms with Crippen LogP contribution in [-0.2, 0) is 9.59 Å². The summed E-state index contributed by atoms with van der Waals surface area (Å²) in [7, 11) is 2.20. The number of nitrogens with zero attached hydrogens (tertiary/aromatic N) is 1. The van der Waals surface area contributed by atoms with Crippen molar-refractivity contribution in [3.05, 3.63) is 90.5 Å². The molecule has 2 atom stereocenters. The van der Waals surface area contributed by atoms with Crippen LogP contribution in [0.25, 0.3) is 0 Å². The van der Waals surface area contributed by atoms with Crippen molar-refractivity contribution in [2.45, 2.75) is 12.3 Å². The molecule has 0 aromatic heterocycles. The fraction of sp³-hybridized carbons (Fsp3) is 0.259. The number of para-hydroxylation sites is 1. The Morgan fingerprint density at radius 2 is 1.44 bits per heavy atom. The van der Waals surface area contributed by atoms with Crippen LogP contribution in [0.15, 0.2) is 84.9 Å². The highest BCUT2D eigenvalue weighted by molar-refractivity contribution is 6.27. The van der Waals surface area contributed by atoms with E-state index in [0.29, 0.717) is 18.4 Å². The molecule has 1 aliphatic heterocycles. The van der Waals surface area contributed by atoms with E-state index in [9.17, 15) is 0 Å². The second-order valence-electron chi connectivity index (χ2n) is 8.14. The molecule has 7 heteroatoms. The smallest absolute Gasteiger partial charge is 0.414 e. The van der Waals surface area contributed by atoms with Crippen molar-refractivity contribution in [1.29, 1.82) is 0 Å². The molecule has 1 fully saturated rings. The van der Waals surface area contributed by atoms with Crippen molar-refractivity contribution in [3.8, 4) is 17.2 Å². The van der Waals surface area contributed by atoms with Gasteiger partial charge in [0.15, 0.2) is 0 Å². The van der Waals surface area contributed by atoms with E-state index >= 15 is 0 Å². The number of hydrogen-bond donors (Lipinski definition) is 2. The average Bonchev–Trinajstić information content (AvgIpc) is 2.84. The van der Waals surface area contributed by atoms with Gasteiger partial charge in [-0.3, -0.25) is 0 Å². The van der Waals surface area contributed by atoms with Crippen molar-refractivity contribution in [2.75, 3.05) is 26.7 Å². The third-order valence-corrected chi connectivity index (χ3v) is 5.60. The van der Waals surface area contributed by atoms with Gasteiger partial charge in [-0.2, -0.15) is 0 Å². The van der Waals surface area contributed by atoms with Gasteiger partial charge in [0.05, 0.1) is 6.61 Å². The first kappa shape index (κ1) is 24.8. The van der Waals surface area contributed by atoms with Crippen molar-refractivity contribution in [3.63, 3.8) is 0 Å². The van der Waals surface area contributed by atoms with Gasteiger partial charge in [0.25, 0.3) is 0 Å². The molecule has 34 heavy (non-hydrogen) atoms. The molecule has 178 valence electrons. The standard InChI is InChI=1S/C25H27NO2.C2H2O4/c1-26-16-15-25(20-9-4-2-5-10-20)21(18-26)19-27-23-13-8-14-24(17-23)28-22-11-6-3-7-12-22;3-1(4)2(5)6/h2-14,17,21,25H,15-16,18-19H2,1H3;(H,3,4)(H,5,6)/t21-,25-;/m0./s1. The van der Waals surface area contributed by atoms with Gasteiger partial charge in [-0.1, -0.05) is 54.6 Å². The number of ether oxygens (including phenoxy) is 2. The van der Waals surface area contributed by atoms with Crippen LogP contribution in [0.3, 0.4) is 0 Å². The lowest BCUT2D eigenvalue weighted by Gasteiger charge is -2.37. The lowest BCUT2D eigenvalue weighted by atomic mass is 9.81. The van der Waals surface area contributed by atoms with Gasteiger partial charge in [-0.15, -0.1) is 0 Å². The number of rotatable bonds is 6. The van der Waals surface area contributed by atoms with Gasteiger partial charge in [-0.05, 0) is 55.8 Å². The third kappa shape index (κ3) is 7.64. The molecule has 7 nitrogen and oxygen atoms in total. The van der Waals surface area contributed by atoms with Crippen LogP contribution < -0.4 is 9.47 Å². The first-order chi connectivity index (χ1) is 16.4. The van der Waals surface area contributed by atoms with E-state index in [0.717, 1.165) is 30.3 Å². The van der Waals surface area contributed by atoms with Gasteiger partial charge < -0.3 is 24.6 Å². The maximum absolute atomic E-state index is 9.10. The van der Waals surface area contributed by atoms with E-state index < -0.39 is 11.9 Å². The predicted molar refractivity (Wildman–Crippen MR) is 129 cm³/mol. The third-order valence-electron chi connectivity index (χ3n) is 5.60. The van der Waals surface area contributed by atoms with Crippen molar-refractivity contribution >= 4 is 11.9 Å². The minimum absolute atomic E-state index is 0.472. The summed E-state index contributed by atoms with van der Waals surface area (Å²) in [5.41, 5.74) is 1.42. The Morgan fingerprint density at radius 1 is 0.853 bits per heavy atom. The van der Waals surface area contributed by atoms with Crippen LogP contribution in [0.1, 0.15) is 17.9 Å². The highest BCUT2D eigenvalue weighted by Gasteiger charge is 2.29. The zero-order valence-corrected chi connectivity index (χ0v) is 19.0. The van der Waals surface area contributed by atoms with E-state index in [1.165, 1.54) is 12.0 Å². The lowest BCUT2D eigenvalue weighted by Crippen LogP contribution is -2.39. The molecule has 3 aromatic rings. The second-order valence-corrected chi connectivity index (χ2v) is 8.14. The number of likely N-dealkylation sites (tertiary alicyclic amines) is 1. The average molecular weight is 464 g/mol. The zero-order chi connectivity index (χ0) is 24.3. The van der Waals surface area contributed by atoms with Crippen LogP contribution in [0.2, 0.25) is 0 Å². The summed E-state index contributed by atoms with van der Waals surface area (Å²) in [4.78, 5) is 20.6.